The number of aromatic nitrogens is 3. The van der Waals surface area contributed by atoms with Crippen LogP contribution in [0.1, 0.15) is 24.1 Å². The minimum atomic E-state index is 0.00187. The Morgan fingerprint density at radius 1 is 1.32 bits per heavy atom. The molecule has 7 nitrogen and oxygen atoms in total. The summed E-state index contributed by atoms with van der Waals surface area (Å²) in [5.41, 5.74) is 2.46. The van der Waals surface area contributed by atoms with Crippen molar-refractivity contribution in [3.05, 3.63) is 29.6 Å². The molecule has 6 heterocycles. The van der Waals surface area contributed by atoms with Gasteiger partial charge in [0, 0.05) is 36.1 Å². The number of fused-ring (bicyclic) bond motifs is 4. The number of hydrogen-bond acceptors (Lipinski definition) is 6. The van der Waals surface area contributed by atoms with Crippen molar-refractivity contribution in [3.63, 3.8) is 0 Å². The summed E-state index contributed by atoms with van der Waals surface area (Å²) in [4.78, 5) is 18.5. The largest absolute Gasteiger partial charge is 0.492 e. The lowest BCUT2D eigenvalue weighted by atomic mass is 9.84. The van der Waals surface area contributed by atoms with Crippen LogP contribution in [0.5, 0.6) is 5.88 Å². The Hall–Kier alpha value is -2.67. The maximum absolute atomic E-state index is 10.2. The summed E-state index contributed by atoms with van der Waals surface area (Å²) in [6.07, 6.45) is 7.82. The molecule has 3 fully saturated rings. The second-order valence-electron chi connectivity index (χ2n) is 6.94. The number of aromatic hydroxyl groups is 1. The molecule has 3 saturated heterocycles. The van der Waals surface area contributed by atoms with Gasteiger partial charge in [-0.3, -0.25) is 0 Å². The molecule has 3 N–H and O–H groups in total. The minimum absolute atomic E-state index is 0.00187. The van der Waals surface area contributed by atoms with E-state index < -0.39 is 0 Å². The Labute approximate surface area is 145 Å². The molecule has 0 radical (unpaired) electrons. The first-order valence-electron chi connectivity index (χ1n) is 8.75. The number of H-pyrrole nitrogens is 1. The van der Waals surface area contributed by atoms with E-state index in [4.69, 9.17) is 0 Å². The lowest BCUT2D eigenvalue weighted by Crippen LogP contribution is -2.53. The average molecular weight is 336 g/mol. The third kappa shape index (κ3) is 2.60. The first-order chi connectivity index (χ1) is 12.3. The maximum Gasteiger partial charge on any atom is 0.238 e. The predicted molar refractivity (Wildman–Crippen MR) is 97.1 cm³/mol. The number of imidazole rings is 1. The highest BCUT2D eigenvalue weighted by atomic mass is 16.3. The molecule has 4 aliphatic rings. The van der Waals surface area contributed by atoms with E-state index in [0.29, 0.717) is 29.4 Å². The molecule has 2 aromatic rings. The molecular formula is C18H20N6O. The summed E-state index contributed by atoms with van der Waals surface area (Å²) in [6.45, 7) is 3.46. The highest BCUT2D eigenvalue weighted by Gasteiger charge is 2.34. The summed E-state index contributed by atoms with van der Waals surface area (Å²) in [5.74, 6) is 2.03. The van der Waals surface area contributed by atoms with Gasteiger partial charge in [-0.25, -0.2) is 9.98 Å². The maximum atomic E-state index is 10.2. The van der Waals surface area contributed by atoms with Crippen LogP contribution in [0.25, 0.3) is 11.6 Å². The Kier molecular flexibility index (Phi) is 3.34. The predicted octanol–water partition coefficient (Wildman–Crippen LogP) is 2.27. The first kappa shape index (κ1) is 14.7. The molecule has 1 atom stereocenters. The number of nitrogens with one attached hydrogen (secondary N) is 2. The van der Waals surface area contributed by atoms with E-state index in [-0.39, 0.29) is 5.88 Å². The number of aliphatic imine (C=N–C) groups is 1. The van der Waals surface area contributed by atoms with E-state index in [2.05, 4.69) is 30.2 Å². The van der Waals surface area contributed by atoms with E-state index in [1.165, 1.54) is 25.9 Å². The molecule has 0 saturated carbocycles. The van der Waals surface area contributed by atoms with E-state index in [1.807, 2.05) is 18.2 Å². The molecule has 2 bridgehead atoms. The van der Waals surface area contributed by atoms with E-state index in [9.17, 15) is 5.11 Å². The number of hydrogen-bond donors (Lipinski definition) is 3. The minimum Gasteiger partial charge on any atom is -0.492 e. The Morgan fingerprint density at radius 2 is 2.20 bits per heavy atom. The Balaban J connectivity index is 1.38. The lowest BCUT2D eigenvalue weighted by molar-refractivity contribution is 0.0972. The number of piperidine rings is 3. The number of nitrogens with zero attached hydrogens (tertiary/aromatic N) is 4. The van der Waals surface area contributed by atoms with Gasteiger partial charge in [-0.1, -0.05) is 0 Å². The molecule has 0 amide bonds. The number of pyridine rings is 1. The summed E-state index contributed by atoms with van der Waals surface area (Å²) in [7, 11) is 0. The number of aromatic amines is 1. The highest BCUT2D eigenvalue weighted by Crippen LogP contribution is 2.33. The van der Waals surface area contributed by atoms with E-state index in [0.717, 1.165) is 17.7 Å². The quantitative estimate of drug-likeness (QED) is 0.800. The van der Waals surface area contributed by atoms with Gasteiger partial charge in [-0.05, 0) is 50.1 Å². The molecular weight excluding hydrogens is 316 g/mol. The van der Waals surface area contributed by atoms with Crippen molar-refractivity contribution in [1.29, 1.82) is 0 Å². The first-order valence-corrected chi connectivity index (χ1v) is 8.75. The molecule has 2 aromatic heterocycles. The SMILES string of the molecule is Oc1nc(N[C@@H]2CN3CCC2CC3)[nH]c1C=C1C=Nc2ncccc21. The van der Waals surface area contributed by atoms with Gasteiger partial charge in [0.1, 0.15) is 5.69 Å². The number of rotatable bonds is 3. The molecule has 6 rings (SSSR count). The fourth-order valence-corrected chi connectivity index (χ4v) is 4.05. The molecule has 128 valence electrons. The Bertz CT molecular complexity index is 862. The van der Waals surface area contributed by atoms with Crippen LogP contribution in [0.2, 0.25) is 0 Å². The van der Waals surface area contributed by atoms with Gasteiger partial charge < -0.3 is 20.3 Å². The molecule has 4 aliphatic heterocycles. The number of allylic oxidation sites excluding steroid dienone is 1. The van der Waals surface area contributed by atoms with E-state index in [1.54, 1.807) is 12.4 Å². The van der Waals surface area contributed by atoms with Crippen molar-refractivity contribution < 1.29 is 5.11 Å². The summed E-state index contributed by atoms with van der Waals surface area (Å²) >= 11 is 0. The zero-order valence-corrected chi connectivity index (χ0v) is 13.8. The van der Waals surface area contributed by atoms with Crippen molar-refractivity contribution in [2.75, 3.05) is 25.0 Å². The standard InChI is InChI=1S/C18H20N6O/c25-17-14(8-12-9-20-16-13(12)2-1-5-19-16)21-18(23-17)22-15-10-24-6-3-11(15)4-7-24/h1-2,5,8-9,11,15,25H,3-4,6-7,10H2,(H2,21,22,23)/t15-/m1/s1. The smallest absolute Gasteiger partial charge is 0.238 e. The second-order valence-corrected chi connectivity index (χ2v) is 6.94. The van der Waals surface area contributed by atoms with Crippen LogP contribution in [0.15, 0.2) is 23.3 Å². The van der Waals surface area contributed by atoms with Gasteiger partial charge in [-0.15, -0.1) is 0 Å². The van der Waals surface area contributed by atoms with Crippen LogP contribution >= 0.6 is 0 Å². The van der Waals surface area contributed by atoms with Crippen LogP contribution in [-0.2, 0) is 0 Å². The van der Waals surface area contributed by atoms with Crippen molar-refractivity contribution in [3.8, 4) is 5.88 Å². The summed E-state index contributed by atoms with van der Waals surface area (Å²) in [6, 6.07) is 4.25. The van der Waals surface area contributed by atoms with Crippen molar-refractivity contribution >= 4 is 29.6 Å². The lowest BCUT2D eigenvalue weighted by Gasteiger charge is -2.44. The molecule has 0 aliphatic carbocycles. The third-order valence-electron chi connectivity index (χ3n) is 5.41. The van der Waals surface area contributed by atoms with Gasteiger partial charge in [0.05, 0.1) is 0 Å². The fourth-order valence-electron chi connectivity index (χ4n) is 4.05. The van der Waals surface area contributed by atoms with Crippen LogP contribution in [0.3, 0.4) is 0 Å². The summed E-state index contributed by atoms with van der Waals surface area (Å²) in [5, 5.41) is 13.7. The normalized spacial score (nSPS) is 28.5. The van der Waals surface area contributed by atoms with Gasteiger partial charge in [0.2, 0.25) is 11.8 Å². The van der Waals surface area contributed by atoms with Gasteiger partial charge in [0.25, 0.3) is 0 Å². The van der Waals surface area contributed by atoms with Gasteiger partial charge in [-0.2, -0.15) is 4.98 Å². The van der Waals surface area contributed by atoms with Crippen molar-refractivity contribution in [2.45, 2.75) is 18.9 Å². The Morgan fingerprint density at radius 3 is 3.00 bits per heavy atom. The van der Waals surface area contributed by atoms with Crippen molar-refractivity contribution in [1.82, 2.24) is 19.9 Å². The zero-order valence-electron chi connectivity index (χ0n) is 13.8. The van der Waals surface area contributed by atoms with Gasteiger partial charge in [0.15, 0.2) is 5.82 Å². The van der Waals surface area contributed by atoms with Crippen LogP contribution in [0.4, 0.5) is 11.8 Å². The van der Waals surface area contributed by atoms with E-state index >= 15 is 0 Å². The average Bonchev–Trinajstić information content (AvgIpc) is 3.20. The monoisotopic (exact) mass is 336 g/mol. The van der Waals surface area contributed by atoms with Crippen LogP contribution < -0.4 is 5.32 Å². The second kappa shape index (κ2) is 5.70. The third-order valence-corrected chi connectivity index (χ3v) is 5.41. The topological polar surface area (TPSA) is 89.4 Å². The molecule has 25 heavy (non-hydrogen) atoms. The van der Waals surface area contributed by atoms with Gasteiger partial charge >= 0.3 is 0 Å². The van der Waals surface area contributed by atoms with Crippen LogP contribution in [0, 0.1) is 5.92 Å². The molecule has 7 heteroatoms. The van der Waals surface area contributed by atoms with Crippen LogP contribution in [-0.4, -0.2) is 56.8 Å². The highest BCUT2D eigenvalue weighted by molar-refractivity contribution is 6.20. The van der Waals surface area contributed by atoms with Crippen molar-refractivity contribution in [2.24, 2.45) is 10.9 Å². The number of anilines is 1. The summed E-state index contributed by atoms with van der Waals surface area (Å²) < 4.78 is 0. The zero-order chi connectivity index (χ0) is 16.8. The molecule has 0 unspecified atom stereocenters. The fraction of sp³-hybridized carbons (Fsp3) is 0.389. The molecule has 0 aromatic carbocycles. The molecule has 0 spiro atoms.